The van der Waals surface area contributed by atoms with Crippen LogP contribution >= 0.6 is 0 Å². The predicted octanol–water partition coefficient (Wildman–Crippen LogP) is 5.38. The Labute approximate surface area is 222 Å². The fourth-order valence-corrected chi connectivity index (χ4v) is 5.78. The van der Waals surface area contributed by atoms with Gasteiger partial charge in [0.05, 0.1) is 16.7 Å². The molecule has 6 rings (SSSR count). The largest absolute Gasteiger partial charge is 0.465 e. The molecule has 8 nitrogen and oxygen atoms in total. The van der Waals surface area contributed by atoms with Crippen LogP contribution < -0.4 is 5.32 Å². The third-order valence-corrected chi connectivity index (χ3v) is 8.10. The summed E-state index contributed by atoms with van der Waals surface area (Å²) in [6.45, 7) is 8.15. The average molecular weight is 514 g/mol. The molecule has 1 saturated carbocycles. The first-order chi connectivity index (χ1) is 18.2. The molecule has 0 spiro atoms. The van der Waals surface area contributed by atoms with Crippen LogP contribution in [0, 0.1) is 5.92 Å². The number of carbonyl (C=O) groups is 2. The maximum atomic E-state index is 13.3. The fraction of sp³-hybridized carbons (Fsp3) is 0.433. The SMILES string of the molecule is CC(CN1CCc2cc3c(cc2C1=O)nc(-c1cc2ccc(C(C)C)cc2n1CC1CC1)n3C)NC(=O)O. The summed E-state index contributed by atoms with van der Waals surface area (Å²) in [5.41, 5.74) is 7.23. The van der Waals surface area contributed by atoms with Crippen molar-refractivity contribution in [1.82, 2.24) is 24.3 Å². The Balaban J connectivity index is 1.40. The van der Waals surface area contributed by atoms with Gasteiger partial charge >= 0.3 is 6.09 Å². The summed E-state index contributed by atoms with van der Waals surface area (Å²) in [4.78, 5) is 31.1. The van der Waals surface area contributed by atoms with E-state index in [1.54, 1.807) is 11.8 Å². The Morgan fingerprint density at radius 1 is 1.13 bits per heavy atom. The standard InChI is InChI=1S/C30H35N5O3/c1-17(2)20-7-8-22-13-27(35(25(22)11-20)16-19-5-6-19)28-32-24-14-23-21(12-26(24)33(28)4)9-10-34(29(23)36)15-18(3)31-30(37)38/h7-8,11-14,17-19,31H,5-6,9-10,15-16H2,1-4H3,(H,37,38). The third kappa shape index (κ3) is 4.31. The van der Waals surface area contributed by atoms with E-state index in [1.165, 1.54) is 29.3 Å². The van der Waals surface area contributed by atoms with Gasteiger partial charge in [-0.05, 0) is 73.4 Å². The maximum absolute atomic E-state index is 13.3. The summed E-state index contributed by atoms with van der Waals surface area (Å²) in [5.74, 6) is 2.03. The molecule has 2 aromatic heterocycles. The molecule has 2 N–H and O–H groups in total. The number of carboxylic acid groups (broad SMARTS) is 1. The number of fused-ring (bicyclic) bond motifs is 3. The number of nitrogens with one attached hydrogen (secondary N) is 1. The van der Waals surface area contributed by atoms with E-state index in [2.05, 4.69) is 65.7 Å². The van der Waals surface area contributed by atoms with Gasteiger partial charge in [0.2, 0.25) is 0 Å². The van der Waals surface area contributed by atoms with Crippen LogP contribution in [-0.2, 0) is 20.0 Å². The first-order valence-corrected chi connectivity index (χ1v) is 13.6. The van der Waals surface area contributed by atoms with Crippen LogP contribution in [0.4, 0.5) is 4.79 Å². The molecule has 0 radical (unpaired) electrons. The van der Waals surface area contributed by atoms with Gasteiger partial charge in [0, 0.05) is 49.2 Å². The molecule has 38 heavy (non-hydrogen) atoms. The molecule has 198 valence electrons. The highest BCUT2D eigenvalue weighted by Crippen LogP contribution is 2.37. The van der Waals surface area contributed by atoms with E-state index >= 15 is 0 Å². The zero-order valence-corrected chi connectivity index (χ0v) is 22.5. The van der Waals surface area contributed by atoms with Gasteiger partial charge < -0.3 is 24.5 Å². The van der Waals surface area contributed by atoms with Crippen molar-refractivity contribution in [2.24, 2.45) is 13.0 Å². The summed E-state index contributed by atoms with van der Waals surface area (Å²) in [6, 6.07) is 12.7. The van der Waals surface area contributed by atoms with E-state index < -0.39 is 6.09 Å². The third-order valence-electron chi connectivity index (χ3n) is 8.10. The molecule has 8 heteroatoms. The number of nitrogens with zero attached hydrogens (tertiary/aromatic N) is 4. The predicted molar refractivity (Wildman–Crippen MR) is 149 cm³/mol. The number of benzene rings is 2. The molecule has 1 fully saturated rings. The number of aromatic nitrogens is 3. The first-order valence-electron chi connectivity index (χ1n) is 13.6. The summed E-state index contributed by atoms with van der Waals surface area (Å²) in [6.07, 6.45) is 2.20. The molecular formula is C30H35N5O3. The lowest BCUT2D eigenvalue weighted by Gasteiger charge is -2.30. The molecule has 1 atom stereocenters. The lowest BCUT2D eigenvalue weighted by atomic mass is 9.97. The van der Waals surface area contributed by atoms with Crippen molar-refractivity contribution in [3.8, 4) is 11.5 Å². The Kier molecular flexibility index (Phi) is 5.93. The number of carbonyl (C=O) groups excluding carboxylic acids is 1. The monoisotopic (exact) mass is 513 g/mol. The van der Waals surface area contributed by atoms with Crippen LogP contribution in [0.15, 0.2) is 36.4 Å². The fourth-order valence-electron chi connectivity index (χ4n) is 5.78. The summed E-state index contributed by atoms with van der Waals surface area (Å²) >= 11 is 0. The van der Waals surface area contributed by atoms with E-state index in [0.29, 0.717) is 24.6 Å². The normalized spacial score (nSPS) is 16.4. The summed E-state index contributed by atoms with van der Waals surface area (Å²) in [5, 5.41) is 12.7. The van der Waals surface area contributed by atoms with Crippen molar-refractivity contribution in [1.29, 1.82) is 0 Å². The van der Waals surface area contributed by atoms with Gasteiger partial charge in [0.25, 0.3) is 5.91 Å². The Bertz CT molecular complexity index is 1580. The molecule has 2 amide bonds. The van der Waals surface area contributed by atoms with E-state index in [4.69, 9.17) is 10.1 Å². The minimum absolute atomic E-state index is 0.0662. The van der Waals surface area contributed by atoms with Crippen molar-refractivity contribution in [3.05, 3.63) is 53.1 Å². The summed E-state index contributed by atoms with van der Waals surface area (Å²) in [7, 11) is 2.06. The van der Waals surface area contributed by atoms with Gasteiger partial charge in [-0.1, -0.05) is 26.0 Å². The Hall–Kier alpha value is -3.81. The van der Waals surface area contributed by atoms with E-state index in [9.17, 15) is 9.59 Å². The smallest absolute Gasteiger partial charge is 0.404 e. The molecule has 1 unspecified atom stereocenters. The van der Waals surface area contributed by atoms with Crippen molar-refractivity contribution < 1.29 is 14.7 Å². The van der Waals surface area contributed by atoms with Gasteiger partial charge in [-0.25, -0.2) is 9.78 Å². The van der Waals surface area contributed by atoms with Crippen molar-refractivity contribution >= 4 is 33.9 Å². The molecule has 3 heterocycles. The summed E-state index contributed by atoms with van der Waals surface area (Å²) < 4.78 is 4.61. The lowest BCUT2D eigenvalue weighted by Crippen LogP contribution is -2.46. The molecule has 2 aliphatic rings. The molecule has 4 aromatic rings. The second-order valence-electron chi connectivity index (χ2n) is 11.4. The highest BCUT2D eigenvalue weighted by molar-refractivity contribution is 6.00. The van der Waals surface area contributed by atoms with Crippen LogP contribution in [-0.4, -0.2) is 55.3 Å². The minimum Gasteiger partial charge on any atom is -0.465 e. The second-order valence-corrected chi connectivity index (χ2v) is 11.4. The number of amides is 2. The van der Waals surface area contributed by atoms with Gasteiger partial charge in [0.1, 0.15) is 0 Å². The van der Waals surface area contributed by atoms with Gasteiger partial charge in [-0.15, -0.1) is 0 Å². The maximum Gasteiger partial charge on any atom is 0.404 e. The number of imidazole rings is 1. The topological polar surface area (TPSA) is 92.4 Å². The minimum atomic E-state index is -1.08. The molecule has 1 aliphatic carbocycles. The van der Waals surface area contributed by atoms with Gasteiger partial charge in [0.15, 0.2) is 5.82 Å². The van der Waals surface area contributed by atoms with Crippen LogP contribution in [0.1, 0.15) is 61.0 Å². The van der Waals surface area contributed by atoms with Crippen molar-refractivity contribution in [3.63, 3.8) is 0 Å². The molecule has 1 aliphatic heterocycles. The number of aryl methyl sites for hydroxylation is 1. The Morgan fingerprint density at radius 2 is 1.92 bits per heavy atom. The van der Waals surface area contributed by atoms with E-state index in [0.717, 1.165) is 47.0 Å². The van der Waals surface area contributed by atoms with Gasteiger partial charge in [-0.2, -0.15) is 0 Å². The zero-order chi connectivity index (χ0) is 26.7. The molecule has 0 bridgehead atoms. The number of hydrogen-bond acceptors (Lipinski definition) is 3. The van der Waals surface area contributed by atoms with Crippen LogP contribution in [0.25, 0.3) is 33.5 Å². The van der Waals surface area contributed by atoms with Crippen molar-refractivity contribution in [2.45, 2.75) is 58.5 Å². The molecular weight excluding hydrogens is 478 g/mol. The average Bonchev–Trinajstić information content (AvgIpc) is 3.55. The first kappa shape index (κ1) is 24.5. The highest BCUT2D eigenvalue weighted by atomic mass is 16.4. The number of hydrogen-bond donors (Lipinski definition) is 2. The van der Waals surface area contributed by atoms with Crippen LogP contribution in [0.2, 0.25) is 0 Å². The van der Waals surface area contributed by atoms with Crippen molar-refractivity contribution in [2.75, 3.05) is 13.1 Å². The number of rotatable bonds is 7. The van der Waals surface area contributed by atoms with Crippen LogP contribution in [0.5, 0.6) is 0 Å². The van der Waals surface area contributed by atoms with E-state index in [1.807, 2.05) is 6.07 Å². The Morgan fingerprint density at radius 3 is 2.63 bits per heavy atom. The molecule has 2 aromatic carbocycles. The highest BCUT2D eigenvalue weighted by Gasteiger charge is 2.29. The molecule has 0 saturated heterocycles. The van der Waals surface area contributed by atoms with Crippen LogP contribution in [0.3, 0.4) is 0 Å². The lowest BCUT2D eigenvalue weighted by molar-refractivity contribution is 0.0723. The zero-order valence-electron chi connectivity index (χ0n) is 22.5. The second kappa shape index (κ2) is 9.19. The van der Waals surface area contributed by atoms with E-state index in [-0.39, 0.29) is 11.9 Å². The van der Waals surface area contributed by atoms with Gasteiger partial charge in [-0.3, -0.25) is 4.79 Å². The quantitative estimate of drug-likeness (QED) is 0.347.